The molecule has 172 valence electrons. The van der Waals surface area contributed by atoms with E-state index in [9.17, 15) is 19.5 Å². The predicted molar refractivity (Wildman–Crippen MR) is 113 cm³/mol. The van der Waals surface area contributed by atoms with E-state index in [1.807, 2.05) is 0 Å². The summed E-state index contributed by atoms with van der Waals surface area (Å²) in [4.78, 5) is 34.3. The number of esters is 2. The van der Waals surface area contributed by atoms with Crippen LogP contribution in [-0.4, -0.2) is 47.4 Å². The molecule has 0 saturated heterocycles. The van der Waals surface area contributed by atoms with Crippen molar-refractivity contribution in [2.45, 2.75) is 71.8 Å². The van der Waals surface area contributed by atoms with E-state index in [0.717, 1.165) is 24.8 Å². The molecule has 0 amide bonds. The first-order valence-corrected chi connectivity index (χ1v) is 11.1. The molecule has 0 aromatic rings. The van der Waals surface area contributed by atoms with E-state index in [2.05, 4.69) is 26.8 Å². The summed E-state index contributed by atoms with van der Waals surface area (Å²) in [6, 6.07) is 0. The van der Waals surface area contributed by atoms with Gasteiger partial charge < -0.3 is 19.7 Å². The van der Waals surface area contributed by atoms with Gasteiger partial charge >= 0.3 is 17.9 Å². The fourth-order valence-corrected chi connectivity index (χ4v) is 6.04. The molecule has 7 nitrogen and oxygen atoms in total. The molecule has 0 bridgehead atoms. The van der Waals surface area contributed by atoms with Crippen LogP contribution < -0.4 is 0 Å². The zero-order valence-electron chi connectivity index (χ0n) is 18.7. The Morgan fingerprint density at radius 2 is 2.03 bits per heavy atom. The molecule has 2 N–H and O–H groups in total. The highest BCUT2D eigenvalue weighted by Gasteiger charge is 2.57. The van der Waals surface area contributed by atoms with Crippen molar-refractivity contribution in [3.05, 3.63) is 23.3 Å². The molecule has 7 heteroatoms. The smallest absolute Gasteiger partial charge is 0.331 e. The molecule has 5 atom stereocenters. The lowest BCUT2D eigenvalue weighted by molar-refractivity contribution is -0.165. The fourth-order valence-electron chi connectivity index (χ4n) is 6.04. The maximum atomic E-state index is 12.1. The van der Waals surface area contributed by atoms with Gasteiger partial charge in [-0.25, -0.2) is 4.79 Å². The molecule has 1 aliphatic heterocycles. The summed E-state index contributed by atoms with van der Waals surface area (Å²) in [6.45, 7) is 6.91. The number of aliphatic carboxylic acids is 1. The normalized spacial score (nSPS) is 35.0. The third kappa shape index (κ3) is 4.86. The third-order valence-electron chi connectivity index (χ3n) is 7.99. The Bertz CT molecular complexity index is 798. The van der Waals surface area contributed by atoms with Crippen molar-refractivity contribution >= 4 is 17.9 Å². The minimum Gasteiger partial charge on any atom is -0.481 e. The van der Waals surface area contributed by atoms with E-state index in [4.69, 9.17) is 14.6 Å². The number of fused-ring (bicyclic) bond motifs is 1. The highest BCUT2D eigenvalue weighted by Crippen LogP contribution is 2.62. The number of carbonyl (C=O) groups excluding carboxylic acids is 2. The molecule has 0 aromatic heterocycles. The molecule has 2 aliphatic carbocycles. The standard InChI is InChI=1S/C24H34O7/c1-15-5-4-6-19-23(2,10-9-16-11-22(29)30-13-16)17(18(25)12-24(15,19)3)14-31-21(28)8-7-20(26)27/h5,11,17-19,25H,4,6-10,12-14H2,1-3H3,(H,26,27). The molecular weight excluding hydrogens is 400 g/mol. The number of rotatable bonds is 8. The Morgan fingerprint density at radius 3 is 2.68 bits per heavy atom. The third-order valence-corrected chi connectivity index (χ3v) is 7.99. The van der Waals surface area contributed by atoms with Gasteiger partial charge in [0.15, 0.2) is 0 Å². The van der Waals surface area contributed by atoms with Gasteiger partial charge in [-0.1, -0.05) is 25.5 Å². The Labute approximate surface area is 183 Å². The minimum absolute atomic E-state index is 0.0694. The molecule has 0 aromatic carbocycles. The molecular formula is C24H34O7. The summed E-state index contributed by atoms with van der Waals surface area (Å²) >= 11 is 0. The second kappa shape index (κ2) is 9.15. The van der Waals surface area contributed by atoms with Crippen molar-refractivity contribution in [2.24, 2.45) is 22.7 Å². The zero-order valence-corrected chi connectivity index (χ0v) is 18.7. The molecule has 31 heavy (non-hydrogen) atoms. The predicted octanol–water partition coefficient (Wildman–Crippen LogP) is 3.41. The number of carboxylic acids is 1. The summed E-state index contributed by atoms with van der Waals surface area (Å²) in [5, 5.41) is 20.0. The highest BCUT2D eigenvalue weighted by molar-refractivity contribution is 5.85. The molecule has 5 unspecified atom stereocenters. The second-order valence-electron chi connectivity index (χ2n) is 9.81. The fraction of sp³-hybridized carbons (Fsp3) is 0.708. The molecule has 3 aliphatic rings. The topological polar surface area (TPSA) is 110 Å². The van der Waals surface area contributed by atoms with Crippen molar-refractivity contribution in [2.75, 3.05) is 13.2 Å². The van der Waals surface area contributed by atoms with E-state index in [0.29, 0.717) is 25.4 Å². The van der Waals surface area contributed by atoms with Crippen LogP contribution in [0.2, 0.25) is 0 Å². The first-order chi connectivity index (χ1) is 14.6. The first kappa shape index (κ1) is 23.5. The Morgan fingerprint density at radius 1 is 1.29 bits per heavy atom. The van der Waals surface area contributed by atoms with E-state index in [1.54, 1.807) is 6.08 Å². The molecule has 1 heterocycles. The van der Waals surface area contributed by atoms with Gasteiger partial charge in [-0.2, -0.15) is 0 Å². The largest absolute Gasteiger partial charge is 0.481 e. The summed E-state index contributed by atoms with van der Waals surface area (Å²) in [7, 11) is 0. The summed E-state index contributed by atoms with van der Waals surface area (Å²) < 4.78 is 10.5. The van der Waals surface area contributed by atoms with Crippen LogP contribution in [0.15, 0.2) is 23.3 Å². The molecule has 0 spiro atoms. The van der Waals surface area contributed by atoms with Crippen LogP contribution >= 0.6 is 0 Å². The quantitative estimate of drug-likeness (QED) is 0.445. The molecule has 1 saturated carbocycles. The number of ether oxygens (including phenoxy) is 2. The lowest BCUT2D eigenvalue weighted by atomic mass is 9.46. The highest BCUT2D eigenvalue weighted by atomic mass is 16.5. The van der Waals surface area contributed by atoms with Crippen molar-refractivity contribution < 1.29 is 34.1 Å². The van der Waals surface area contributed by atoms with Crippen LogP contribution in [-0.2, 0) is 23.9 Å². The van der Waals surface area contributed by atoms with Crippen LogP contribution in [0.1, 0.15) is 65.7 Å². The molecule has 3 rings (SSSR count). The number of allylic oxidation sites excluding steroid dienone is 2. The van der Waals surface area contributed by atoms with Crippen molar-refractivity contribution in [3.63, 3.8) is 0 Å². The number of hydrogen-bond donors (Lipinski definition) is 2. The molecule has 1 fully saturated rings. The van der Waals surface area contributed by atoms with Crippen LogP contribution in [0.25, 0.3) is 0 Å². The van der Waals surface area contributed by atoms with Crippen molar-refractivity contribution in [1.29, 1.82) is 0 Å². The summed E-state index contributed by atoms with van der Waals surface area (Å²) in [6.07, 6.45) is 6.75. The number of hydrogen-bond acceptors (Lipinski definition) is 6. The number of carbonyl (C=O) groups is 3. The van der Waals surface area contributed by atoms with Gasteiger partial charge in [0.1, 0.15) is 6.61 Å². The number of aliphatic hydroxyl groups is 1. The van der Waals surface area contributed by atoms with Gasteiger partial charge in [0.2, 0.25) is 0 Å². The van der Waals surface area contributed by atoms with E-state index >= 15 is 0 Å². The monoisotopic (exact) mass is 434 g/mol. The minimum atomic E-state index is -1.04. The first-order valence-electron chi connectivity index (χ1n) is 11.1. The average Bonchev–Trinajstić information content (AvgIpc) is 3.11. The average molecular weight is 435 g/mol. The van der Waals surface area contributed by atoms with Crippen LogP contribution in [0, 0.1) is 22.7 Å². The number of aliphatic hydroxyl groups excluding tert-OH is 1. The maximum absolute atomic E-state index is 12.1. The van der Waals surface area contributed by atoms with Gasteiger partial charge in [-0.05, 0) is 61.3 Å². The van der Waals surface area contributed by atoms with Gasteiger partial charge in [0.05, 0.1) is 25.6 Å². The Hall–Kier alpha value is -2.15. The zero-order chi connectivity index (χ0) is 22.8. The second-order valence-corrected chi connectivity index (χ2v) is 9.81. The SMILES string of the molecule is CC1=CCCC2C1(C)CC(O)C(COC(=O)CCC(=O)O)C2(C)CCC1=CC(=O)OC1. The van der Waals surface area contributed by atoms with E-state index in [1.165, 1.54) is 5.57 Å². The van der Waals surface area contributed by atoms with Gasteiger partial charge in [-0.15, -0.1) is 0 Å². The van der Waals surface area contributed by atoms with Gasteiger partial charge in [-0.3, -0.25) is 9.59 Å². The van der Waals surface area contributed by atoms with Crippen LogP contribution in [0.5, 0.6) is 0 Å². The molecule has 0 radical (unpaired) electrons. The van der Waals surface area contributed by atoms with Crippen molar-refractivity contribution in [1.82, 2.24) is 0 Å². The Kier molecular flexibility index (Phi) is 6.94. The summed E-state index contributed by atoms with van der Waals surface area (Å²) in [5.41, 5.74) is 1.80. The summed E-state index contributed by atoms with van der Waals surface area (Å²) in [5.74, 6) is -1.86. The number of carboxylic acid groups (broad SMARTS) is 1. The lowest BCUT2D eigenvalue weighted by Gasteiger charge is -2.60. The van der Waals surface area contributed by atoms with Gasteiger partial charge in [0, 0.05) is 12.0 Å². The maximum Gasteiger partial charge on any atom is 0.331 e. The van der Waals surface area contributed by atoms with Gasteiger partial charge in [0.25, 0.3) is 0 Å². The van der Waals surface area contributed by atoms with Crippen LogP contribution in [0.3, 0.4) is 0 Å². The van der Waals surface area contributed by atoms with Crippen molar-refractivity contribution in [3.8, 4) is 0 Å². The van der Waals surface area contributed by atoms with Crippen LogP contribution in [0.4, 0.5) is 0 Å². The van der Waals surface area contributed by atoms with E-state index in [-0.39, 0.29) is 42.2 Å². The van der Waals surface area contributed by atoms with E-state index < -0.39 is 18.0 Å². The number of cyclic esters (lactones) is 1. The Balaban J connectivity index is 1.81. The lowest BCUT2D eigenvalue weighted by Crippen LogP contribution is -2.57.